The summed E-state index contributed by atoms with van der Waals surface area (Å²) in [4.78, 5) is 10.5. The monoisotopic (exact) mass is 201 g/mol. The lowest BCUT2D eigenvalue weighted by molar-refractivity contribution is -0.570. The molecule has 1 unspecified atom stereocenters. The van der Waals surface area contributed by atoms with Gasteiger partial charge in [0.05, 0.1) is 6.61 Å². The van der Waals surface area contributed by atoms with Gasteiger partial charge in [-0.15, -0.1) is 0 Å². The van der Waals surface area contributed by atoms with Crippen molar-refractivity contribution in [3.8, 4) is 0 Å². The summed E-state index contributed by atoms with van der Waals surface area (Å²) in [5.41, 5.74) is -0.0725. The minimum atomic E-state index is -0.954. The second-order valence-electron chi connectivity index (χ2n) is 3.95. The maximum Gasteiger partial charge on any atom is 0.242 e. The van der Waals surface area contributed by atoms with E-state index in [9.17, 15) is 10.1 Å². The van der Waals surface area contributed by atoms with Gasteiger partial charge in [0, 0.05) is 18.3 Å². The van der Waals surface area contributed by atoms with Crippen LogP contribution in [0.5, 0.6) is 0 Å². The average Bonchev–Trinajstić information content (AvgIpc) is 2.03. The highest BCUT2D eigenvalue weighted by Crippen LogP contribution is 2.17. The predicted octanol–water partition coefficient (Wildman–Crippen LogP) is 2.41. The van der Waals surface area contributed by atoms with Crippen LogP contribution in [-0.2, 0) is 4.74 Å². The number of nitro groups is 1. The Kier molecular flexibility index (Phi) is 5.38. The first-order chi connectivity index (χ1) is 6.42. The molecular weight excluding hydrogens is 182 g/mol. The van der Waals surface area contributed by atoms with Crippen LogP contribution in [0.2, 0.25) is 0 Å². The summed E-state index contributed by atoms with van der Waals surface area (Å²) < 4.78 is 5.23. The third-order valence-electron chi connectivity index (χ3n) is 1.99. The molecule has 14 heavy (non-hydrogen) atoms. The fourth-order valence-corrected chi connectivity index (χ4v) is 1.20. The zero-order chi connectivity index (χ0) is 11.2. The largest absolute Gasteiger partial charge is 0.370 e. The average molecular weight is 201 g/mol. The van der Waals surface area contributed by atoms with Crippen molar-refractivity contribution >= 4 is 0 Å². The van der Waals surface area contributed by atoms with Crippen LogP contribution in [-0.4, -0.2) is 23.7 Å². The molecule has 0 aromatic heterocycles. The molecule has 0 saturated carbocycles. The van der Waals surface area contributed by atoms with Crippen LogP contribution in [0.4, 0.5) is 0 Å². The summed E-state index contributed by atoms with van der Waals surface area (Å²) in [6.45, 7) is 9.61. The highest BCUT2D eigenvalue weighted by Gasteiger charge is 2.36. The number of hydrogen-bond donors (Lipinski definition) is 0. The van der Waals surface area contributed by atoms with Gasteiger partial charge in [-0.3, -0.25) is 10.1 Å². The van der Waals surface area contributed by atoms with Crippen molar-refractivity contribution in [3.05, 3.63) is 22.3 Å². The molecule has 4 nitrogen and oxygen atoms in total. The maximum atomic E-state index is 10.8. The van der Waals surface area contributed by atoms with Crippen molar-refractivity contribution in [1.29, 1.82) is 0 Å². The van der Waals surface area contributed by atoms with Gasteiger partial charge >= 0.3 is 0 Å². The number of rotatable bonds is 7. The number of hydrogen-bond acceptors (Lipinski definition) is 3. The lowest BCUT2D eigenvalue weighted by atomic mass is 9.98. The molecule has 0 aromatic rings. The predicted molar refractivity (Wildman–Crippen MR) is 55.9 cm³/mol. The molecule has 0 bridgehead atoms. The Morgan fingerprint density at radius 1 is 1.64 bits per heavy atom. The minimum absolute atomic E-state index is 0.153. The second kappa shape index (κ2) is 5.75. The zero-order valence-electron chi connectivity index (χ0n) is 9.21. The van der Waals surface area contributed by atoms with Crippen LogP contribution in [0.1, 0.15) is 33.6 Å². The number of ether oxygens (including phenoxy) is 1. The maximum absolute atomic E-state index is 10.8. The van der Waals surface area contributed by atoms with Crippen molar-refractivity contribution in [2.24, 2.45) is 0 Å². The molecule has 0 heterocycles. The first kappa shape index (κ1) is 13.1. The van der Waals surface area contributed by atoms with Crippen LogP contribution in [0.3, 0.4) is 0 Å². The third-order valence-corrected chi connectivity index (χ3v) is 1.99. The summed E-state index contributed by atoms with van der Waals surface area (Å²) in [5.74, 6) is 0. The molecule has 0 aliphatic heterocycles. The Hall–Kier alpha value is -0.900. The van der Waals surface area contributed by atoms with Crippen molar-refractivity contribution < 1.29 is 9.66 Å². The smallest absolute Gasteiger partial charge is 0.242 e. The molecule has 0 aromatic carbocycles. The highest BCUT2D eigenvalue weighted by molar-refractivity contribution is 4.88. The molecular formula is C10H19NO3. The van der Waals surface area contributed by atoms with E-state index in [0.717, 1.165) is 12.0 Å². The Balaban J connectivity index is 4.09. The normalized spacial score (nSPS) is 14.8. The first-order valence-corrected chi connectivity index (χ1v) is 4.79. The van der Waals surface area contributed by atoms with E-state index < -0.39 is 5.54 Å². The van der Waals surface area contributed by atoms with Gasteiger partial charge in [0.2, 0.25) is 5.54 Å². The Bertz CT molecular complexity index is 215. The van der Waals surface area contributed by atoms with Crippen molar-refractivity contribution in [3.63, 3.8) is 0 Å². The van der Waals surface area contributed by atoms with E-state index in [1.54, 1.807) is 6.92 Å². The lowest BCUT2D eigenvalue weighted by Crippen LogP contribution is -2.39. The van der Waals surface area contributed by atoms with Crippen molar-refractivity contribution in [2.75, 3.05) is 13.2 Å². The van der Waals surface area contributed by atoms with E-state index in [1.165, 1.54) is 0 Å². The van der Waals surface area contributed by atoms with E-state index >= 15 is 0 Å². The molecule has 1 atom stereocenters. The van der Waals surface area contributed by atoms with Crippen LogP contribution in [0, 0.1) is 10.1 Å². The van der Waals surface area contributed by atoms with E-state index in [4.69, 9.17) is 4.74 Å². The molecule has 0 rings (SSSR count). The van der Waals surface area contributed by atoms with Gasteiger partial charge in [0.25, 0.3) is 0 Å². The standard InChI is InChI=1S/C10H19NO3/c1-5-6-10(4,11(12)13)8-14-7-9(2)3/h2,5-8H2,1,3-4H3. The van der Waals surface area contributed by atoms with Crippen LogP contribution >= 0.6 is 0 Å². The SMILES string of the molecule is C=C(C)COCC(C)(CCC)[N+](=O)[O-]. The van der Waals surface area contributed by atoms with E-state index in [0.29, 0.717) is 13.0 Å². The Morgan fingerprint density at radius 3 is 2.57 bits per heavy atom. The minimum Gasteiger partial charge on any atom is -0.370 e. The zero-order valence-corrected chi connectivity index (χ0v) is 9.21. The molecule has 0 aliphatic rings. The summed E-state index contributed by atoms with van der Waals surface area (Å²) in [5, 5.41) is 10.8. The topological polar surface area (TPSA) is 52.4 Å². The molecule has 4 heteroatoms. The second-order valence-corrected chi connectivity index (χ2v) is 3.95. The molecule has 0 amide bonds. The van der Waals surface area contributed by atoms with Gasteiger partial charge in [-0.25, -0.2) is 0 Å². The molecule has 0 aliphatic carbocycles. The van der Waals surface area contributed by atoms with Gasteiger partial charge in [0.15, 0.2) is 0 Å². The number of nitrogens with zero attached hydrogens (tertiary/aromatic N) is 1. The third kappa shape index (κ3) is 4.37. The summed E-state index contributed by atoms with van der Waals surface area (Å²) >= 11 is 0. The van der Waals surface area contributed by atoms with Crippen LogP contribution in [0.25, 0.3) is 0 Å². The molecule has 82 valence electrons. The fourth-order valence-electron chi connectivity index (χ4n) is 1.20. The molecule has 0 N–H and O–H groups in total. The Morgan fingerprint density at radius 2 is 2.21 bits per heavy atom. The molecule has 0 radical (unpaired) electrons. The van der Waals surface area contributed by atoms with Gasteiger partial charge < -0.3 is 4.74 Å². The highest BCUT2D eigenvalue weighted by atomic mass is 16.6. The summed E-state index contributed by atoms with van der Waals surface area (Å²) in [7, 11) is 0. The molecule has 0 spiro atoms. The molecule has 0 saturated heterocycles. The fraction of sp³-hybridized carbons (Fsp3) is 0.800. The summed E-state index contributed by atoms with van der Waals surface area (Å²) in [6.07, 6.45) is 1.32. The molecule has 0 fully saturated rings. The van der Waals surface area contributed by atoms with Crippen molar-refractivity contribution in [1.82, 2.24) is 0 Å². The quantitative estimate of drug-likeness (QED) is 0.361. The van der Waals surface area contributed by atoms with E-state index in [1.807, 2.05) is 13.8 Å². The lowest BCUT2D eigenvalue weighted by Gasteiger charge is -2.20. The van der Waals surface area contributed by atoms with Gasteiger partial charge in [0.1, 0.15) is 6.61 Å². The van der Waals surface area contributed by atoms with Gasteiger partial charge in [-0.1, -0.05) is 19.1 Å². The Labute approximate surface area is 85.1 Å². The van der Waals surface area contributed by atoms with E-state index in [-0.39, 0.29) is 11.5 Å². The summed E-state index contributed by atoms with van der Waals surface area (Å²) in [6, 6.07) is 0. The van der Waals surface area contributed by atoms with Gasteiger partial charge in [-0.05, 0) is 13.3 Å². The first-order valence-electron chi connectivity index (χ1n) is 4.79. The van der Waals surface area contributed by atoms with Crippen molar-refractivity contribution in [2.45, 2.75) is 39.2 Å². The van der Waals surface area contributed by atoms with E-state index in [2.05, 4.69) is 6.58 Å². The van der Waals surface area contributed by atoms with Gasteiger partial charge in [-0.2, -0.15) is 0 Å². The van der Waals surface area contributed by atoms with Crippen LogP contribution < -0.4 is 0 Å². The van der Waals surface area contributed by atoms with Crippen LogP contribution in [0.15, 0.2) is 12.2 Å².